The smallest absolute Gasteiger partial charge is 0.387 e. The van der Waals surface area contributed by atoms with Crippen molar-refractivity contribution >= 4 is 17.6 Å². The Balaban J connectivity index is 1.72. The van der Waals surface area contributed by atoms with Gasteiger partial charge in [-0.3, -0.25) is 4.79 Å². The summed E-state index contributed by atoms with van der Waals surface area (Å²) < 4.78 is 35.3. The molecule has 0 aromatic heterocycles. The molecule has 0 radical (unpaired) electrons. The molecule has 1 atom stereocenters. The zero-order valence-corrected chi connectivity index (χ0v) is 17.5. The number of guanidine groups is 1. The lowest BCUT2D eigenvalue weighted by Crippen LogP contribution is -2.40. The van der Waals surface area contributed by atoms with Crippen molar-refractivity contribution in [3.63, 3.8) is 0 Å². The number of benzene rings is 2. The van der Waals surface area contributed by atoms with E-state index in [2.05, 4.69) is 25.7 Å². The third-order valence-corrected chi connectivity index (χ3v) is 4.86. The van der Waals surface area contributed by atoms with Gasteiger partial charge in [0, 0.05) is 42.7 Å². The highest BCUT2D eigenvalue weighted by atomic mass is 19.3. The van der Waals surface area contributed by atoms with Crippen molar-refractivity contribution in [3.8, 4) is 11.5 Å². The fraction of sp³-hybridized carbons (Fsp3) is 0.364. The number of ether oxygens (including phenoxy) is 2. The van der Waals surface area contributed by atoms with Gasteiger partial charge < -0.3 is 25.4 Å². The zero-order valence-electron chi connectivity index (χ0n) is 17.5. The van der Waals surface area contributed by atoms with Crippen LogP contribution in [-0.2, 0) is 11.3 Å². The largest absolute Gasteiger partial charge is 0.497 e. The Kier molecular flexibility index (Phi) is 7.64. The topological polar surface area (TPSA) is 84.0 Å². The normalized spacial score (nSPS) is 15.8. The van der Waals surface area contributed by atoms with Crippen molar-refractivity contribution in [1.82, 2.24) is 10.6 Å². The number of para-hydroxylation sites is 1. The lowest BCUT2D eigenvalue weighted by molar-refractivity contribution is -0.116. The van der Waals surface area contributed by atoms with Gasteiger partial charge in [-0.15, -0.1) is 0 Å². The highest BCUT2D eigenvalue weighted by Crippen LogP contribution is 2.31. The third kappa shape index (κ3) is 6.07. The summed E-state index contributed by atoms with van der Waals surface area (Å²) in [6.07, 6.45) is 0.369. The predicted molar refractivity (Wildman–Crippen MR) is 115 cm³/mol. The van der Waals surface area contributed by atoms with E-state index < -0.39 is 6.61 Å². The van der Waals surface area contributed by atoms with Crippen LogP contribution < -0.4 is 25.4 Å². The molecule has 2 aromatic rings. The molecule has 0 saturated heterocycles. The van der Waals surface area contributed by atoms with E-state index in [1.807, 2.05) is 31.2 Å². The number of methoxy groups -OCH3 is 1. The van der Waals surface area contributed by atoms with E-state index in [1.165, 1.54) is 13.2 Å². The quantitative estimate of drug-likeness (QED) is 0.439. The van der Waals surface area contributed by atoms with Crippen molar-refractivity contribution in [3.05, 3.63) is 53.6 Å². The molecule has 0 bridgehead atoms. The van der Waals surface area contributed by atoms with Crippen LogP contribution in [0.15, 0.2) is 47.5 Å². The van der Waals surface area contributed by atoms with E-state index in [-0.39, 0.29) is 24.1 Å². The van der Waals surface area contributed by atoms with Gasteiger partial charge in [0.1, 0.15) is 11.5 Å². The number of hydrogen-bond acceptors (Lipinski definition) is 4. The fourth-order valence-corrected chi connectivity index (χ4v) is 3.41. The Morgan fingerprint density at radius 3 is 2.81 bits per heavy atom. The molecule has 1 unspecified atom stereocenters. The minimum absolute atomic E-state index is 0.00693. The van der Waals surface area contributed by atoms with Gasteiger partial charge in [-0.05, 0) is 30.7 Å². The second-order valence-electron chi connectivity index (χ2n) is 6.96. The summed E-state index contributed by atoms with van der Waals surface area (Å²) in [4.78, 5) is 16.5. The number of nitrogens with one attached hydrogen (secondary N) is 3. The number of halogens is 2. The van der Waals surface area contributed by atoms with E-state index in [0.29, 0.717) is 36.8 Å². The van der Waals surface area contributed by atoms with E-state index in [9.17, 15) is 13.6 Å². The molecule has 31 heavy (non-hydrogen) atoms. The van der Waals surface area contributed by atoms with Gasteiger partial charge in [0.25, 0.3) is 0 Å². The van der Waals surface area contributed by atoms with E-state index in [4.69, 9.17) is 4.74 Å². The molecular formula is C22H26F2N4O3. The molecule has 0 saturated carbocycles. The van der Waals surface area contributed by atoms with Crippen molar-refractivity contribution in [1.29, 1.82) is 0 Å². The molecule has 9 heteroatoms. The second-order valence-corrected chi connectivity index (χ2v) is 6.96. The summed E-state index contributed by atoms with van der Waals surface area (Å²) in [5.74, 6) is 0.922. The molecule has 3 N–H and O–H groups in total. The molecule has 2 aromatic carbocycles. The predicted octanol–water partition coefficient (Wildman–Crippen LogP) is 3.48. The number of alkyl halides is 2. The molecule has 1 aliphatic heterocycles. The van der Waals surface area contributed by atoms with Gasteiger partial charge in [0.05, 0.1) is 13.7 Å². The van der Waals surface area contributed by atoms with E-state index >= 15 is 0 Å². The molecule has 0 aliphatic carbocycles. The first-order valence-corrected chi connectivity index (χ1v) is 10.0. The summed E-state index contributed by atoms with van der Waals surface area (Å²) in [6.45, 7) is 0.233. The maximum atomic E-state index is 12.8. The Bertz CT molecular complexity index is 937. The van der Waals surface area contributed by atoms with Crippen molar-refractivity contribution in [2.24, 2.45) is 4.99 Å². The number of carbonyl (C=O) groups is 1. The van der Waals surface area contributed by atoms with Crippen molar-refractivity contribution in [2.75, 3.05) is 25.5 Å². The summed E-state index contributed by atoms with van der Waals surface area (Å²) in [6, 6.07) is 12.4. The Hall–Kier alpha value is -3.36. The zero-order chi connectivity index (χ0) is 22.2. The molecule has 166 valence electrons. The number of nitrogens with zero attached hydrogens (tertiary/aromatic N) is 1. The van der Waals surface area contributed by atoms with Gasteiger partial charge in [-0.1, -0.05) is 18.2 Å². The summed E-state index contributed by atoms with van der Waals surface area (Å²) >= 11 is 0. The van der Waals surface area contributed by atoms with E-state index in [0.717, 1.165) is 11.3 Å². The van der Waals surface area contributed by atoms with Crippen LogP contribution in [0, 0.1) is 0 Å². The molecule has 1 heterocycles. The number of aliphatic imine (C=N–C) groups is 1. The second kappa shape index (κ2) is 10.6. The maximum Gasteiger partial charge on any atom is 0.387 e. The van der Waals surface area contributed by atoms with E-state index in [1.54, 1.807) is 12.1 Å². The Labute approximate surface area is 179 Å². The van der Waals surface area contributed by atoms with Gasteiger partial charge >= 0.3 is 6.61 Å². The van der Waals surface area contributed by atoms with Crippen LogP contribution in [0.4, 0.5) is 14.5 Å². The molecule has 1 amide bonds. The molecular weight excluding hydrogens is 406 g/mol. The lowest BCUT2D eigenvalue weighted by Gasteiger charge is -2.26. The average Bonchev–Trinajstić information content (AvgIpc) is 2.75. The number of fused-ring (bicyclic) bond motifs is 1. The minimum atomic E-state index is -2.95. The first-order chi connectivity index (χ1) is 15.0. The minimum Gasteiger partial charge on any atom is -0.497 e. The number of rotatable bonds is 8. The van der Waals surface area contributed by atoms with Gasteiger partial charge in [-0.25, -0.2) is 4.99 Å². The summed E-state index contributed by atoms with van der Waals surface area (Å²) in [5, 5.41) is 9.27. The highest BCUT2D eigenvalue weighted by molar-refractivity contribution is 5.94. The molecule has 7 nitrogen and oxygen atoms in total. The Morgan fingerprint density at radius 1 is 1.26 bits per heavy atom. The molecule has 0 fully saturated rings. The van der Waals surface area contributed by atoms with Crippen LogP contribution >= 0.6 is 0 Å². The molecule has 0 spiro atoms. The monoisotopic (exact) mass is 432 g/mol. The van der Waals surface area contributed by atoms with Gasteiger partial charge in [0.15, 0.2) is 5.96 Å². The van der Waals surface area contributed by atoms with Gasteiger partial charge in [-0.2, -0.15) is 8.78 Å². The third-order valence-electron chi connectivity index (χ3n) is 4.86. The van der Waals surface area contributed by atoms with Crippen LogP contribution in [0.3, 0.4) is 0 Å². The summed E-state index contributed by atoms with van der Waals surface area (Å²) in [7, 11) is 1.45. The van der Waals surface area contributed by atoms with Gasteiger partial charge in [0.2, 0.25) is 5.91 Å². The molecule has 3 rings (SSSR count). The number of amides is 1. The van der Waals surface area contributed by atoms with Crippen molar-refractivity contribution < 1.29 is 23.0 Å². The first-order valence-electron chi connectivity index (χ1n) is 10.0. The first kappa shape index (κ1) is 22.3. The summed E-state index contributed by atoms with van der Waals surface area (Å²) in [5.41, 5.74) is 2.38. The highest BCUT2D eigenvalue weighted by Gasteiger charge is 2.24. The average molecular weight is 432 g/mol. The Morgan fingerprint density at radius 2 is 2.06 bits per heavy atom. The van der Waals surface area contributed by atoms with Crippen LogP contribution in [0.1, 0.15) is 30.4 Å². The van der Waals surface area contributed by atoms with Crippen LogP contribution in [0.5, 0.6) is 11.5 Å². The number of carbonyl (C=O) groups excluding carboxylic acids is 1. The molecule has 1 aliphatic rings. The SMILES string of the molecule is CCNC(=NCc1ccc(OC)cc1OC(F)F)NCC1CC(=O)Nc2ccccc21. The van der Waals surface area contributed by atoms with Crippen LogP contribution in [-0.4, -0.2) is 38.7 Å². The van der Waals surface area contributed by atoms with Crippen LogP contribution in [0.2, 0.25) is 0 Å². The lowest BCUT2D eigenvalue weighted by atomic mass is 9.90. The number of hydrogen-bond donors (Lipinski definition) is 3. The van der Waals surface area contributed by atoms with Crippen LogP contribution in [0.25, 0.3) is 0 Å². The fourth-order valence-electron chi connectivity index (χ4n) is 3.41. The standard InChI is InChI=1S/C22H26F2N4O3/c1-3-25-22(26-12-14-8-9-16(30-2)11-19(14)31-21(23)24)27-13-15-10-20(29)28-18-7-5-4-6-17(15)18/h4-9,11,15,21H,3,10,12-13H2,1-2H3,(H,28,29)(H2,25,26,27). The number of anilines is 1. The van der Waals surface area contributed by atoms with Crippen molar-refractivity contribution in [2.45, 2.75) is 32.4 Å². The maximum absolute atomic E-state index is 12.8.